The van der Waals surface area contributed by atoms with E-state index in [9.17, 15) is 4.79 Å². The number of hydrogen-bond donors (Lipinski definition) is 1. The molecular weight excluding hydrogens is 370 g/mol. The lowest BCUT2D eigenvalue weighted by Gasteiger charge is -2.12. The molecule has 0 bridgehead atoms. The van der Waals surface area contributed by atoms with E-state index in [-0.39, 0.29) is 12.5 Å². The Balaban J connectivity index is 1.55. The third-order valence-electron chi connectivity index (χ3n) is 3.88. The molecule has 0 fully saturated rings. The van der Waals surface area contributed by atoms with Crippen molar-refractivity contribution in [3.8, 4) is 23.3 Å². The highest BCUT2D eigenvalue weighted by Gasteiger charge is 2.09. The zero-order valence-electron chi connectivity index (χ0n) is 15.8. The maximum Gasteiger partial charge on any atom is 0.262 e. The average molecular weight is 389 g/mol. The van der Waals surface area contributed by atoms with E-state index in [0.717, 1.165) is 5.69 Å². The Morgan fingerprint density at radius 1 is 1.07 bits per heavy atom. The summed E-state index contributed by atoms with van der Waals surface area (Å²) in [6.45, 7) is 0.126. The summed E-state index contributed by atoms with van der Waals surface area (Å²) >= 11 is 0. The summed E-state index contributed by atoms with van der Waals surface area (Å²) in [6, 6.07) is 19.4. The first kappa shape index (κ1) is 19.7. The number of ether oxygens (including phenoxy) is 3. The first-order chi connectivity index (χ1) is 14.2. The van der Waals surface area contributed by atoms with Gasteiger partial charge in [-0.15, -0.1) is 0 Å². The number of methoxy groups -OCH3 is 1. The molecule has 7 heteroatoms. The minimum absolute atomic E-state index is 0.207. The van der Waals surface area contributed by atoms with Gasteiger partial charge >= 0.3 is 0 Å². The molecule has 1 aromatic heterocycles. The Morgan fingerprint density at radius 3 is 2.72 bits per heavy atom. The number of aromatic nitrogens is 1. The van der Waals surface area contributed by atoms with E-state index in [4.69, 9.17) is 19.5 Å². The van der Waals surface area contributed by atoms with E-state index in [0.29, 0.717) is 35.1 Å². The Hall–Kier alpha value is -4.05. The third-order valence-corrected chi connectivity index (χ3v) is 3.88. The van der Waals surface area contributed by atoms with E-state index in [1.807, 2.05) is 24.3 Å². The minimum atomic E-state index is -0.335. The second-order valence-corrected chi connectivity index (χ2v) is 5.95. The molecule has 1 amide bonds. The highest BCUT2D eigenvalue weighted by molar-refractivity contribution is 5.92. The predicted molar refractivity (Wildman–Crippen MR) is 107 cm³/mol. The summed E-state index contributed by atoms with van der Waals surface area (Å²) in [4.78, 5) is 16.4. The molecule has 0 aliphatic carbocycles. The smallest absolute Gasteiger partial charge is 0.262 e. The molecule has 7 nitrogen and oxygen atoms in total. The standard InChI is InChI=1S/C22H19N3O4/c1-27-21-11-16(13-23)8-9-20(21)29-15-22(26)25-17-6-4-7-19(12-17)28-14-18-5-2-3-10-24-18/h2-12H,14-15H2,1H3,(H,25,26). The SMILES string of the molecule is COc1cc(C#N)ccc1OCC(=O)Nc1cccc(OCc2ccccn2)c1. The van der Waals surface area contributed by atoms with Gasteiger partial charge in [-0.1, -0.05) is 12.1 Å². The number of amides is 1. The van der Waals surface area contributed by atoms with Gasteiger partial charge in [0, 0.05) is 24.0 Å². The summed E-state index contributed by atoms with van der Waals surface area (Å²) in [7, 11) is 1.47. The van der Waals surface area contributed by atoms with Gasteiger partial charge in [0.2, 0.25) is 0 Å². The average Bonchev–Trinajstić information content (AvgIpc) is 2.77. The lowest BCUT2D eigenvalue weighted by atomic mass is 10.2. The van der Waals surface area contributed by atoms with Gasteiger partial charge in [0.25, 0.3) is 5.91 Å². The maximum atomic E-state index is 12.2. The summed E-state index contributed by atoms with van der Waals surface area (Å²) < 4.78 is 16.4. The Labute approximate surface area is 168 Å². The Morgan fingerprint density at radius 2 is 1.97 bits per heavy atom. The molecule has 0 radical (unpaired) electrons. The van der Waals surface area contributed by atoms with E-state index in [1.54, 1.807) is 48.7 Å². The molecule has 0 saturated carbocycles. The van der Waals surface area contributed by atoms with Gasteiger partial charge in [-0.2, -0.15) is 5.26 Å². The fourth-order valence-electron chi connectivity index (χ4n) is 2.50. The van der Waals surface area contributed by atoms with Gasteiger partial charge in [0.15, 0.2) is 18.1 Å². The molecule has 3 aromatic rings. The number of hydrogen-bond acceptors (Lipinski definition) is 6. The number of nitrogens with one attached hydrogen (secondary N) is 1. The zero-order chi connectivity index (χ0) is 20.5. The normalized spacial score (nSPS) is 9.93. The molecule has 3 rings (SSSR count). The van der Waals surface area contributed by atoms with Crippen molar-refractivity contribution in [3.63, 3.8) is 0 Å². The highest BCUT2D eigenvalue weighted by Crippen LogP contribution is 2.27. The van der Waals surface area contributed by atoms with Crippen LogP contribution in [-0.2, 0) is 11.4 Å². The van der Waals surface area contributed by atoms with E-state index < -0.39 is 0 Å². The third kappa shape index (κ3) is 5.71. The Kier molecular flexibility index (Phi) is 6.63. The molecule has 146 valence electrons. The van der Waals surface area contributed by atoms with Crippen LogP contribution in [-0.4, -0.2) is 24.6 Å². The molecule has 0 atom stereocenters. The topological polar surface area (TPSA) is 93.5 Å². The minimum Gasteiger partial charge on any atom is -0.493 e. The lowest BCUT2D eigenvalue weighted by molar-refractivity contribution is -0.118. The van der Waals surface area contributed by atoms with Crippen LogP contribution in [0.4, 0.5) is 5.69 Å². The number of carbonyl (C=O) groups is 1. The van der Waals surface area contributed by atoms with Crippen molar-refractivity contribution in [1.82, 2.24) is 4.98 Å². The van der Waals surface area contributed by atoms with Crippen LogP contribution >= 0.6 is 0 Å². The number of rotatable bonds is 8. The quantitative estimate of drug-likeness (QED) is 0.633. The van der Waals surface area contributed by atoms with Gasteiger partial charge in [0.05, 0.1) is 24.4 Å². The van der Waals surface area contributed by atoms with Crippen LogP contribution in [0.1, 0.15) is 11.3 Å². The summed E-state index contributed by atoms with van der Waals surface area (Å²) in [6.07, 6.45) is 1.71. The summed E-state index contributed by atoms with van der Waals surface area (Å²) in [5.41, 5.74) is 1.84. The maximum absolute atomic E-state index is 12.2. The van der Waals surface area contributed by atoms with Crippen molar-refractivity contribution in [2.75, 3.05) is 19.0 Å². The molecular formula is C22H19N3O4. The van der Waals surface area contributed by atoms with Crippen molar-refractivity contribution in [1.29, 1.82) is 5.26 Å². The Bertz CT molecular complexity index is 1020. The monoisotopic (exact) mass is 389 g/mol. The molecule has 29 heavy (non-hydrogen) atoms. The van der Waals surface area contributed by atoms with Crippen LogP contribution in [0.3, 0.4) is 0 Å². The van der Waals surface area contributed by atoms with Crippen LogP contribution in [0.2, 0.25) is 0 Å². The zero-order valence-corrected chi connectivity index (χ0v) is 15.8. The highest BCUT2D eigenvalue weighted by atomic mass is 16.5. The number of nitriles is 1. The van der Waals surface area contributed by atoms with E-state index in [2.05, 4.69) is 10.3 Å². The lowest BCUT2D eigenvalue weighted by Crippen LogP contribution is -2.20. The second-order valence-electron chi connectivity index (χ2n) is 5.95. The van der Waals surface area contributed by atoms with Crippen LogP contribution in [0.25, 0.3) is 0 Å². The number of benzene rings is 2. The molecule has 2 aromatic carbocycles. The van der Waals surface area contributed by atoms with Crippen molar-refractivity contribution in [2.45, 2.75) is 6.61 Å². The van der Waals surface area contributed by atoms with Gasteiger partial charge in [0.1, 0.15) is 12.4 Å². The first-order valence-electron chi connectivity index (χ1n) is 8.81. The first-order valence-corrected chi connectivity index (χ1v) is 8.81. The van der Waals surface area contributed by atoms with Gasteiger partial charge < -0.3 is 19.5 Å². The summed E-state index contributed by atoms with van der Waals surface area (Å²) in [5, 5.41) is 11.7. The van der Waals surface area contributed by atoms with Gasteiger partial charge in [-0.25, -0.2) is 0 Å². The van der Waals surface area contributed by atoms with E-state index in [1.165, 1.54) is 7.11 Å². The molecule has 0 saturated heterocycles. The van der Waals surface area contributed by atoms with Crippen LogP contribution in [0.15, 0.2) is 66.9 Å². The predicted octanol–water partition coefficient (Wildman–Crippen LogP) is 3.56. The van der Waals surface area contributed by atoms with E-state index >= 15 is 0 Å². The van der Waals surface area contributed by atoms with Crippen LogP contribution < -0.4 is 19.5 Å². The van der Waals surface area contributed by atoms with Gasteiger partial charge in [-0.05, 0) is 36.4 Å². The van der Waals surface area contributed by atoms with Crippen molar-refractivity contribution in [2.24, 2.45) is 0 Å². The van der Waals surface area contributed by atoms with Crippen LogP contribution in [0, 0.1) is 11.3 Å². The number of carbonyl (C=O) groups excluding carboxylic acids is 1. The molecule has 0 aliphatic rings. The molecule has 1 heterocycles. The number of anilines is 1. The number of nitrogens with zero attached hydrogens (tertiary/aromatic N) is 2. The molecule has 1 N–H and O–H groups in total. The van der Waals surface area contributed by atoms with Crippen molar-refractivity contribution < 1.29 is 19.0 Å². The largest absolute Gasteiger partial charge is 0.493 e. The molecule has 0 aliphatic heterocycles. The fourth-order valence-corrected chi connectivity index (χ4v) is 2.50. The fraction of sp³-hybridized carbons (Fsp3) is 0.136. The number of pyridine rings is 1. The second kappa shape index (κ2) is 9.76. The van der Waals surface area contributed by atoms with Gasteiger partial charge in [-0.3, -0.25) is 9.78 Å². The van der Waals surface area contributed by atoms with Crippen LogP contribution in [0.5, 0.6) is 17.2 Å². The van der Waals surface area contributed by atoms with Crippen molar-refractivity contribution >= 4 is 11.6 Å². The van der Waals surface area contributed by atoms with Crippen molar-refractivity contribution in [3.05, 3.63) is 78.1 Å². The summed E-state index contributed by atoms with van der Waals surface area (Å²) in [5.74, 6) is 1.05. The molecule has 0 unspecified atom stereocenters. The molecule has 0 spiro atoms.